The molecule has 0 heterocycles. The Morgan fingerprint density at radius 1 is 1.13 bits per heavy atom. The average Bonchev–Trinajstić information content (AvgIpc) is 2.55. The zero-order valence-electron chi connectivity index (χ0n) is 12.0. The summed E-state index contributed by atoms with van der Waals surface area (Å²) in [4.78, 5) is 23.5. The van der Waals surface area contributed by atoms with Crippen LogP contribution in [-0.4, -0.2) is 29.7 Å². The molecule has 0 bridgehead atoms. The van der Waals surface area contributed by atoms with Crippen molar-refractivity contribution in [3.05, 3.63) is 64.1 Å². The number of carbonyl (C=O) groups excluding carboxylic acids is 2. The number of rotatable bonds is 5. The monoisotopic (exact) mass is 375 g/mol. The van der Waals surface area contributed by atoms with Gasteiger partial charge in [-0.05, 0) is 57.9 Å². The lowest BCUT2D eigenvalue weighted by molar-refractivity contribution is -0.120. The fourth-order valence-electron chi connectivity index (χ4n) is 1.68. The van der Waals surface area contributed by atoms with Gasteiger partial charge in [-0.1, -0.05) is 12.1 Å². The maximum absolute atomic E-state index is 11.9. The summed E-state index contributed by atoms with van der Waals surface area (Å²) in [5, 5.41) is 15.4. The molecular weight excluding hydrogens is 362 g/mol. The standard InChI is InChI=1S/C16H14BrN3O3/c17-14-4-2-1-3-13(14)16(23)18-10-15(22)20-19-9-11-5-7-12(21)8-6-11/h1-9,21H,10H2,(H,18,23)(H,20,22)/b19-9+. The highest BCUT2D eigenvalue weighted by Gasteiger charge is 2.10. The molecular formula is C16H14BrN3O3. The number of halogens is 1. The van der Waals surface area contributed by atoms with Crippen LogP contribution in [0.25, 0.3) is 0 Å². The summed E-state index contributed by atoms with van der Waals surface area (Å²) < 4.78 is 0.656. The second kappa shape index (κ2) is 8.09. The highest BCUT2D eigenvalue weighted by molar-refractivity contribution is 9.10. The number of amides is 2. The molecule has 23 heavy (non-hydrogen) atoms. The molecule has 0 aliphatic rings. The van der Waals surface area contributed by atoms with Crippen LogP contribution < -0.4 is 10.7 Å². The third-order valence-electron chi connectivity index (χ3n) is 2.82. The van der Waals surface area contributed by atoms with Crippen LogP contribution in [0.3, 0.4) is 0 Å². The second-order valence-electron chi connectivity index (χ2n) is 4.55. The largest absolute Gasteiger partial charge is 0.508 e. The zero-order valence-corrected chi connectivity index (χ0v) is 13.6. The Hall–Kier alpha value is -2.67. The Kier molecular flexibility index (Phi) is 5.87. The number of phenols is 1. The van der Waals surface area contributed by atoms with E-state index in [-0.39, 0.29) is 18.2 Å². The number of benzene rings is 2. The van der Waals surface area contributed by atoms with Crippen molar-refractivity contribution >= 4 is 34.0 Å². The fourth-order valence-corrected chi connectivity index (χ4v) is 2.14. The van der Waals surface area contributed by atoms with Crippen molar-refractivity contribution in [2.45, 2.75) is 0 Å². The van der Waals surface area contributed by atoms with E-state index in [1.807, 2.05) is 0 Å². The molecule has 0 aromatic heterocycles. The van der Waals surface area contributed by atoms with Gasteiger partial charge in [-0.2, -0.15) is 5.10 Å². The summed E-state index contributed by atoms with van der Waals surface area (Å²) in [6, 6.07) is 13.3. The molecule has 0 spiro atoms. The van der Waals surface area contributed by atoms with Gasteiger partial charge in [0.15, 0.2) is 0 Å². The second-order valence-corrected chi connectivity index (χ2v) is 5.40. The first-order valence-corrected chi connectivity index (χ1v) is 7.49. The Labute approximate surface area is 141 Å². The molecule has 0 aliphatic heterocycles. The summed E-state index contributed by atoms with van der Waals surface area (Å²) in [5.41, 5.74) is 3.48. The van der Waals surface area contributed by atoms with E-state index in [4.69, 9.17) is 5.11 Å². The van der Waals surface area contributed by atoms with Crippen molar-refractivity contribution in [1.82, 2.24) is 10.7 Å². The zero-order chi connectivity index (χ0) is 16.7. The topological polar surface area (TPSA) is 90.8 Å². The van der Waals surface area contributed by atoms with Gasteiger partial charge < -0.3 is 10.4 Å². The van der Waals surface area contributed by atoms with Crippen molar-refractivity contribution in [2.75, 3.05) is 6.54 Å². The van der Waals surface area contributed by atoms with Crippen LogP contribution in [0, 0.1) is 0 Å². The molecule has 3 N–H and O–H groups in total. The molecule has 2 aromatic carbocycles. The quantitative estimate of drug-likeness (QED) is 0.551. The Bertz CT molecular complexity index is 730. The summed E-state index contributed by atoms with van der Waals surface area (Å²) in [7, 11) is 0. The van der Waals surface area contributed by atoms with Crippen molar-refractivity contribution in [3.8, 4) is 5.75 Å². The van der Waals surface area contributed by atoms with Gasteiger partial charge in [0, 0.05) is 4.47 Å². The van der Waals surface area contributed by atoms with Gasteiger partial charge in [0.05, 0.1) is 18.3 Å². The molecule has 0 unspecified atom stereocenters. The van der Waals surface area contributed by atoms with Crippen molar-refractivity contribution in [1.29, 1.82) is 0 Å². The van der Waals surface area contributed by atoms with E-state index in [1.54, 1.807) is 36.4 Å². The number of phenolic OH excluding ortho intramolecular Hbond substituents is 1. The summed E-state index contributed by atoms with van der Waals surface area (Å²) >= 11 is 3.27. The van der Waals surface area contributed by atoms with E-state index in [0.29, 0.717) is 10.0 Å². The van der Waals surface area contributed by atoms with Crippen LogP contribution in [0.2, 0.25) is 0 Å². The minimum Gasteiger partial charge on any atom is -0.508 e. The highest BCUT2D eigenvalue weighted by Crippen LogP contribution is 2.15. The summed E-state index contributed by atoms with van der Waals surface area (Å²) in [6.45, 7) is -0.187. The van der Waals surface area contributed by atoms with Crippen LogP contribution in [0.5, 0.6) is 5.75 Å². The third kappa shape index (κ3) is 5.23. The van der Waals surface area contributed by atoms with E-state index in [2.05, 4.69) is 31.8 Å². The molecule has 0 aliphatic carbocycles. The lowest BCUT2D eigenvalue weighted by Gasteiger charge is -2.05. The normalized spacial score (nSPS) is 10.5. The van der Waals surface area contributed by atoms with E-state index in [1.165, 1.54) is 18.3 Å². The Morgan fingerprint density at radius 3 is 2.52 bits per heavy atom. The minimum atomic E-state index is -0.444. The average molecular weight is 376 g/mol. The molecule has 0 radical (unpaired) electrons. The van der Waals surface area contributed by atoms with Crippen LogP contribution in [0.1, 0.15) is 15.9 Å². The van der Waals surface area contributed by atoms with Gasteiger partial charge in [-0.15, -0.1) is 0 Å². The van der Waals surface area contributed by atoms with Gasteiger partial charge in [-0.3, -0.25) is 9.59 Å². The van der Waals surface area contributed by atoms with Gasteiger partial charge >= 0.3 is 0 Å². The summed E-state index contributed by atoms with van der Waals surface area (Å²) in [6.07, 6.45) is 1.44. The number of nitrogens with one attached hydrogen (secondary N) is 2. The maximum atomic E-state index is 11.9. The highest BCUT2D eigenvalue weighted by atomic mass is 79.9. The van der Waals surface area contributed by atoms with Gasteiger partial charge in [0.25, 0.3) is 11.8 Å². The molecule has 0 fully saturated rings. The number of carbonyl (C=O) groups is 2. The molecule has 2 rings (SSSR count). The first-order valence-electron chi connectivity index (χ1n) is 6.70. The molecule has 0 saturated carbocycles. The molecule has 6 nitrogen and oxygen atoms in total. The summed E-state index contributed by atoms with van der Waals surface area (Å²) in [5.74, 6) is -0.642. The van der Waals surface area contributed by atoms with Gasteiger partial charge in [-0.25, -0.2) is 5.43 Å². The number of hydrazone groups is 1. The fraction of sp³-hybridized carbons (Fsp3) is 0.0625. The molecule has 118 valence electrons. The Balaban J connectivity index is 1.80. The molecule has 7 heteroatoms. The Morgan fingerprint density at radius 2 is 1.83 bits per heavy atom. The lowest BCUT2D eigenvalue weighted by atomic mass is 10.2. The van der Waals surface area contributed by atoms with E-state index >= 15 is 0 Å². The maximum Gasteiger partial charge on any atom is 0.259 e. The predicted octanol–water partition coefficient (Wildman–Crippen LogP) is 2.03. The molecule has 0 saturated heterocycles. The van der Waals surface area contributed by atoms with Crippen molar-refractivity contribution in [2.24, 2.45) is 5.10 Å². The smallest absolute Gasteiger partial charge is 0.259 e. The van der Waals surface area contributed by atoms with Gasteiger partial charge in [0.1, 0.15) is 5.75 Å². The number of hydrogen-bond acceptors (Lipinski definition) is 4. The van der Waals surface area contributed by atoms with Crippen molar-refractivity contribution in [3.63, 3.8) is 0 Å². The predicted molar refractivity (Wildman–Crippen MR) is 90.3 cm³/mol. The molecule has 2 amide bonds. The first-order chi connectivity index (χ1) is 11.1. The number of nitrogens with zero attached hydrogens (tertiary/aromatic N) is 1. The van der Waals surface area contributed by atoms with Crippen LogP contribution >= 0.6 is 15.9 Å². The SMILES string of the molecule is O=C(CNC(=O)c1ccccc1Br)N/N=C/c1ccc(O)cc1. The minimum absolute atomic E-state index is 0.154. The van der Waals surface area contributed by atoms with Crippen LogP contribution in [0.15, 0.2) is 58.1 Å². The van der Waals surface area contributed by atoms with Crippen LogP contribution in [0.4, 0.5) is 0 Å². The number of hydrogen-bond donors (Lipinski definition) is 3. The van der Waals surface area contributed by atoms with E-state index < -0.39 is 5.91 Å². The van der Waals surface area contributed by atoms with Gasteiger partial charge in [0.2, 0.25) is 0 Å². The van der Waals surface area contributed by atoms with Crippen molar-refractivity contribution < 1.29 is 14.7 Å². The van der Waals surface area contributed by atoms with E-state index in [9.17, 15) is 9.59 Å². The lowest BCUT2D eigenvalue weighted by Crippen LogP contribution is -2.35. The molecule has 0 atom stereocenters. The number of aromatic hydroxyl groups is 1. The first kappa shape index (κ1) is 16.7. The van der Waals surface area contributed by atoms with E-state index in [0.717, 1.165) is 5.56 Å². The molecule has 2 aromatic rings. The third-order valence-corrected chi connectivity index (χ3v) is 3.52. The van der Waals surface area contributed by atoms with Crippen LogP contribution in [-0.2, 0) is 4.79 Å².